The van der Waals surface area contributed by atoms with Crippen LogP contribution in [0.2, 0.25) is 10.0 Å². The van der Waals surface area contributed by atoms with Crippen molar-refractivity contribution in [1.82, 2.24) is 9.80 Å². The van der Waals surface area contributed by atoms with Crippen molar-refractivity contribution >= 4 is 40.7 Å². The zero-order valence-electron chi connectivity index (χ0n) is 18.2. The average Bonchev–Trinajstić information content (AvgIpc) is 2.81. The number of likely N-dealkylation sites (tertiary alicyclic amines) is 2. The predicted molar refractivity (Wildman–Crippen MR) is 129 cm³/mol. The van der Waals surface area contributed by atoms with Crippen LogP contribution in [0.4, 0.5) is 5.69 Å². The molecular formula is C25H29Cl2N3O2. The van der Waals surface area contributed by atoms with Gasteiger partial charge in [-0.1, -0.05) is 41.4 Å². The highest BCUT2D eigenvalue weighted by atomic mass is 35.5. The molecule has 1 atom stereocenters. The molecule has 0 radical (unpaired) electrons. The number of nitrogens with one attached hydrogen (secondary N) is 1. The lowest BCUT2D eigenvalue weighted by atomic mass is 9.96. The van der Waals surface area contributed by atoms with E-state index >= 15 is 0 Å². The Bertz CT molecular complexity index is 975. The van der Waals surface area contributed by atoms with Crippen molar-refractivity contribution in [3.05, 3.63) is 63.6 Å². The van der Waals surface area contributed by atoms with Gasteiger partial charge in [0.1, 0.15) is 0 Å². The van der Waals surface area contributed by atoms with Crippen LogP contribution in [0.3, 0.4) is 0 Å². The van der Waals surface area contributed by atoms with Crippen LogP contribution in [0, 0.1) is 5.92 Å². The topological polar surface area (TPSA) is 52.7 Å². The number of rotatable bonds is 5. The minimum Gasteiger partial charge on any atom is -0.339 e. The summed E-state index contributed by atoms with van der Waals surface area (Å²) in [4.78, 5) is 30.3. The third-order valence-corrected chi connectivity index (χ3v) is 6.93. The van der Waals surface area contributed by atoms with Crippen molar-refractivity contribution in [1.29, 1.82) is 0 Å². The lowest BCUT2D eigenvalue weighted by Crippen LogP contribution is -2.40. The first-order valence-electron chi connectivity index (χ1n) is 11.4. The molecule has 2 aliphatic rings. The fourth-order valence-electron chi connectivity index (χ4n) is 4.58. The number of hydrogen-bond donors (Lipinski definition) is 1. The van der Waals surface area contributed by atoms with Gasteiger partial charge in [0.25, 0.3) is 5.91 Å². The fraction of sp³-hybridized carbons (Fsp3) is 0.440. The molecule has 2 aromatic rings. The first-order valence-corrected chi connectivity index (χ1v) is 12.1. The third-order valence-electron chi connectivity index (χ3n) is 6.34. The molecule has 4 rings (SSSR count). The second-order valence-electron chi connectivity index (χ2n) is 8.70. The molecule has 0 spiro atoms. The molecule has 0 bridgehead atoms. The summed E-state index contributed by atoms with van der Waals surface area (Å²) in [6.45, 7) is 3.83. The van der Waals surface area contributed by atoms with Gasteiger partial charge >= 0.3 is 0 Å². The molecule has 5 nitrogen and oxygen atoms in total. The number of carbonyl (C=O) groups excluding carboxylic acids is 2. The van der Waals surface area contributed by atoms with Crippen molar-refractivity contribution in [3.63, 3.8) is 0 Å². The van der Waals surface area contributed by atoms with E-state index in [1.807, 2.05) is 41.3 Å². The molecule has 2 saturated heterocycles. The van der Waals surface area contributed by atoms with Crippen LogP contribution < -0.4 is 5.32 Å². The van der Waals surface area contributed by atoms with E-state index in [1.165, 1.54) is 6.42 Å². The maximum absolute atomic E-state index is 13.1. The van der Waals surface area contributed by atoms with Gasteiger partial charge in [-0.05, 0) is 68.5 Å². The molecule has 7 heteroatoms. The molecule has 32 heavy (non-hydrogen) atoms. The quantitative estimate of drug-likeness (QED) is 0.625. The molecule has 2 aromatic carbocycles. The lowest BCUT2D eigenvalue weighted by molar-refractivity contribution is -0.121. The monoisotopic (exact) mass is 473 g/mol. The number of piperidine rings is 2. The first kappa shape index (κ1) is 23.1. The Morgan fingerprint density at radius 1 is 0.969 bits per heavy atom. The number of anilines is 1. The molecule has 0 aliphatic carbocycles. The van der Waals surface area contributed by atoms with Crippen molar-refractivity contribution in [2.24, 2.45) is 5.92 Å². The number of benzene rings is 2. The van der Waals surface area contributed by atoms with Gasteiger partial charge in [-0.25, -0.2) is 0 Å². The fourth-order valence-corrected chi connectivity index (χ4v) is 5.05. The minimum absolute atomic E-state index is 0.00301. The van der Waals surface area contributed by atoms with Gasteiger partial charge < -0.3 is 10.2 Å². The summed E-state index contributed by atoms with van der Waals surface area (Å²) >= 11 is 12.3. The van der Waals surface area contributed by atoms with Gasteiger partial charge in [0.2, 0.25) is 5.91 Å². The summed E-state index contributed by atoms with van der Waals surface area (Å²) in [5, 5.41) is 4.31. The smallest absolute Gasteiger partial charge is 0.255 e. The van der Waals surface area contributed by atoms with Crippen LogP contribution in [0.25, 0.3) is 0 Å². The normalized spacial score (nSPS) is 19.6. The Kier molecular flexibility index (Phi) is 7.71. The molecule has 2 heterocycles. The van der Waals surface area contributed by atoms with Crippen molar-refractivity contribution in [3.8, 4) is 0 Å². The predicted octanol–water partition coefficient (Wildman–Crippen LogP) is 5.47. The first-order chi connectivity index (χ1) is 15.5. The Morgan fingerprint density at radius 3 is 2.53 bits per heavy atom. The minimum atomic E-state index is -0.132. The number of carbonyl (C=O) groups is 2. The maximum atomic E-state index is 13.1. The second-order valence-corrected chi connectivity index (χ2v) is 9.54. The lowest BCUT2D eigenvalue weighted by Gasteiger charge is -2.32. The zero-order valence-corrected chi connectivity index (χ0v) is 19.7. The van der Waals surface area contributed by atoms with E-state index in [4.69, 9.17) is 23.2 Å². The summed E-state index contributed by atoms with van der Waals surface area (Å²) in [6.07, 6.45) is 5.02. The highest BCUT2D eigenvalue weighted by Crippen LogP contribution is 2.26. The molecule has 0 saturated carbocycles. The Labute approximate surface area is 199 Å². The Balaban J connectivity index is 1.41. The molecule has 2 amide bonds. The van der Waals surface area contributed by atoms with Crippen molar-refractivity contribution in [2.75, 3.05) is 31.5 Å². The van der Waals surface area contributed by atoms with E-state index in [0.29, 0.717) is 34.4 Å². The van der Waals surface area contributed by atoms with Gasteiger partial charge in [-0.3, -0.25) is 14.5 Å². The summed E-state index contributed by atoms with van der Waals surface area (Å²) < 4.78 is 0. The molecule has 170 valence electrons. The summed E-state index contributed by atoms with van der Waals surface area (Å²) in [7, 11) is 0. The largest absolute Gasteiger partial charge is 0.339 e. The molecule has 2 fully saturated rings. The number of nitrogens with zero attached hydrogens (tertiary/aromatic N) is 2. The van der Waals surface area contributed by atoms with Crippen LogP contribution in [0.1, 0.15) is 48.0 Å². The Morgan fingerprint density at radius 2 is 1.75 bits per heavy atom. The summed E-state index contributed by atoms with van der Waals surface area (Å²) in [5.41, 5.74) is 2.18. The van der Waals surface area contributed by atoms with Crippen LogP contribution in [0.5, 0.6) is 0 Å². The third kappa shape index (κ3) is 5.64. The maximum Gasteiger partial charge on any atom is 0.255 e. The Hall–Kier alpha value is -2.08. The standard InChI is InChI=1S/C25H29Cl2N3O2/c26-20-11-10-18(22(27)15-20)16-29-12-6-7-19(17-29)24(31)28-23-9-3-2-8-21(23)25(32)30-13-4-1-5-14-30/h2-3,8-11,15,19H,1,4-7,12-14,16-17H2,(H,28,31). The summed E-state index contributed by atoms with van der Waals surface area (Å²) in [6, 6.07) is 12.9. The van der Waals surface area contributed by atoms with Crippen LogP contribution in [-0.4, -0.2) is 47.8 Å². The van der Waals surface area contributed by atoms with E-state index in [2.05, 4.69) is 10.2 Å². The van der Waals surface area contributed by atoms with Crippen LogP contribution in [0.15, 0.2) is 42.5 Å². The molecule has 0 aromatic heterocycles. The molecule has 2 aliphatic heterocycles. The van der Waals surface area contributed by atoms with E-state index in [9.17, 15) is 9.59 Å². The van der Waals surface area contributed by atoms with Gasteiger partial charge in [-0.15, -0.1) is 0 Å². The van der Waals surface area contributed by atoms with Crippen LogP contribution in [-0.2, 0) is 11.3 Å². The summed E-state index contributed by atoms with van der Waals surface area (Å²) in [5.74, 6) is -0.160. The van der Waals surface area contributed by atoms with Crippen molar-refractivity contribution < 1.29 is 9.59 Å². The van der Waals surface area contributed by atoms with E-state index in [0.717, 1.165) is 50.9 Å². The molecule has 1 N–H and O–H groups in total. The number of para-hydroxylation sites is 1. The SMILES string of the molecule is O=C(Nc1ccccc1C(=O)N1CCCCC1)C1CCCN(Cc2ccc(Cl)cc2Cl)C1. The number of halogens is 2. The van der Waals surface area contributed by atoms with E-state index in [1.54, 1.807) is 6.07 Å². The number of hydrogen-bond acceptors (Lipinski definition) is 3. The zero-order chi connectivity index (χ0) is 22.5. The van der Waals surface area contributed by atoms with E-state index < -0.39 is 0 Å². The average molecular weight is 474 g/mol. The highest BCUT2D eigenvalue weighted by molar-refractivity contribution is 6.35. The van der Waals surface area contributed by atoms with Crippen molar-refractivity contribution in [2.45, 2.75) is 38.6 Å². The van der Waals surface area contributed by atoms with Crippen LogP contribution >= 0.6 is 23.2 Å². The van der Waals surface area contributed by atoms with Gasteiger partial charge in [0.05, 0.1) is 17.2 Å². The molecule has 1 unspecified atom stereocenters. The highest BCUT2D eigenvalue weighted by Gasteiger charge is 2.28. The second kappa shape index (κ2) is 10.7. The van der Waals surface area contributed by atoms with Gasteiger partial charge in [0.15, 0.2) is 0 Å². The van der Waals surface area contributed by atoms with Gasteiger partial charge in [-0.2, -0.15) is 0 Å². The van der Waals surface area contributed by atoms with Gasteiger partial charge in [0, 0.05) is 36.2 Å². The number of amides is 2. The van der Waals surface area contributed by atoms with E-state index in [-0.39, 0.29) is 17.7 Å². The molecular weight excluding hydrogens is 445 g/mol.